The number of ether oxygens (including phenoxy) is 1. The molecular formula is C77H149NO5. The van der Waals surface area contributed by atoms with Crippen molar-refractivity contribution in [3.8, 4) is 0 Å². The first kappa shape index (κ1) is 81.3. The Labute approximate surface area is 520 Å². The highest BCUT2D eigenvalue weighted by atomic mass is 16.5. The highest BCUT2D eigenvalue weighted by molar-refractivity contribution is 5.76. The zero-order valence-corrected chi connectivity index (χ0v) is 56.5. The highest BCUT2D eigenvalue weighted by Crippen LogP contribution is 2.20. The molecule has 2 atom stereocenters. The van der Waals surface area contributed by atoms with Gasteiger partial charge in [-0.05, 0) is 57.8 Å². The Morgan fingerprint density at radius 1 is 0.337 bits per heavy atom. The number of allylic oxidation sites excluding steroid dienone is 4. The van der Waals surface area contributed by atoms with Gasteiger partial charge in [-0.15, -0.1) is 0 Å². The van der Waals surface area contributed by atoms with Crippen LogP contribution in [0.3, 0.4) is 0 Å². The van der Waals surface area contributed by atoms with E-state index in [-0.39, 0.29) is 18.5 Å². The molecule has 0 aromatic rings. The van der Waals surface area contributed by atoms with Gasteiger partial charge >= 0.3 is 5.97 Å². The van der Waals surface area contributed by atoms with E-state index in [1.165, 1.54) is 353 Å². The van der Waals surface area contributed by atoms with E-state index in [2.05, 4.69) is 43.5 Å². The lowest BCUT2D eigenvalue weighted by Crippen LogP contribution is -2.45. The maximum atomic E-state index is 12.6. The van der Waals surface area contributed by atoms with Crippen LogP contribution in [0.5, 0.6) is 0 Å². The average Bonchev–Trinajstić information content (AvgIpc) is 3.48. The number of unbranched alkanes of at least 4 members (excludes halogenated alkanes) is 57. The molecule has 0 saturated carbocycles. The Hall–Kier alpha value is -1.66. The average molecular weight is 1170 g/mol. The smallest absolute Gasteiger partial charge is 0.305 e. The summed E-state index contributed by atoms with van der Waals surface area (Å²) >= 11 is 0. The molecule has 0 radical (unpaired) electrons. The van der Waals surface area contributed by atoms with Gasteiger partial charge in [0.15, 0.2) is 0 Å². The molecule has 1 amide bonds. The molecule has 0 aromatic heterocycles. The summed E-state index contributed by atoms with van der Waals surface area (Å²) in [4.78, 5) is 24.6. The molecule has 2 unspecified atom stereocenters. The molecule has 0 heterocycles. The molecule has 0 spiro atoms. The standard InChI is InChI=1S/C77H149NO5/c1-3-5-7-9-11-13-15-17-19-20-21-22-23-27-30-33-36-39-42-45-49-53-57-61-65-69-75(80)74(73-79)78-76(81)70-66-62-58-54-50-46-43-40-37-34-31-28-25-24-26-29-32-35-38-41-44-48-52-56-60-64-68-72-83-77(82)71-67-63-59-55-51-47-18-16-14-12-10-8-6-4-2/h24-25,29,32,74-75,79-80H,3-23,26-28,30-31,33-73H2,1-2H3,(H,78,81)/b25-24-,32-29-. The number of rotatable bonds is 72. The molecule has 0 aliphatic heterocycles. The topological polar surface area (TPSA) is 95.9 Å². The molecular weight excluding hydrogens is 1020 g/mol. The van der Waals surface area contributed by atoms with Crippen molar-refractivity contribution in [3.05, 3.63) is 24.3 Å². The van der Waals surface area contributed by atoms with Crippen molar-refractivity contribution < 1.29 is 24.5 Å². The fourth-order valence-corrected chi connectivity index (χ4v) is 12.2. The van der Waals surface area contributed by atoms with Gasteiger partial charge in [0.1, 0.15) is 0 Å². The molecule has 3 N–H and O–H groups in total. The Morgan fingerprint density at radius 3 is 0.916 bits per heavy atom. The normalized spacial score (nSPS) is 12.6. The lowest BCUT2D eigenvalue weighted by Gasteiger charge is -2.22. The van der Waals surface area contributed by atoms with E-state index in [0.717, 1.165) is 44.9 Å². The molecule has 0 saturated heterocycles. The van der Waals surface area contributed by atoms with Crippen LogP contribution in [0.25, 0.3) is 0 Å². The predicted molar refractivity (Wildman–Crippen MR) is 366 cm³/mol. The second kappa shape index (κ2) is 72.8. The molecule has 0 rings (SSSR count). The number of aliphatic hydroxyl groups excluding tert-OH is 2. The van der Waals surface area contributed by atoms with E-state index < -0.39 is 12.1 Å². The zero-order valence-electron chi connectivity index (χ0n) is 56.5. The fraction of sp³-hybridized carbons (Fsp3) is 0.922. The first-order chi connectivity index (χ1) is 41.0. The third kappa shape index (κ3) is 69.3. The van der Waals surface area contributed by atoms with Crippen LogP contribution >= 0.6 is 0 Å². The molecule has 0 aromatic carbocycles. The van der Waals surface area contributed by atoms with Crippen LogP contribution in [0.4, 0.5) is 0 Å². The minimum atomic E-state index is -0.668. The van der Waals surface area contributed by atoms with E-state index in [0.29, 0.717) is 25.9 Å². The van der Waals surface area contributed by atoms with Gasteiger partial charge in [0.2, 0.25) is 5.91 Å². The van der Waals surface area contributed by atoms with Gasteiger partial charge in [0.25, 0.3) is 0 Å². The summed E-state index contributed by atoms with van der Waals surface area (Å²) < 4.78 is 5.49. The summed E-state index contributed by atoms with van der Waals surface area (Å²) in [5.74, 6) is -0.0187. The van der Waals surface area contributed by atoms with Gasteiger partial charge < -0.3 is 20.3 Å². The van der Waals surface area contributed by atoms with Crippen LogP contribution in [0.15, 0.2) is 24.3 Å². The van der Waals surface area contributed by atoms with Crippen LogP contribution in [0.2, 0.25) is 0 Å². The van der Waals surface area contributed by atoms with Gasteiger partial charge in [0.05, 0.1) is 25.4 Å². The van der Waals surface area contributed by atoms with Crippen molar-refractivity contribution in [2.24, 2.45) is 0 Å². The van der Waals surface area contributed by atoms with Crippen molar-refractivity contribution in [3.63, 3.8) is 0 Å². The number of nitrogens with one attached hydrogen (secondary N) is 1. The number of hydrogen-bond acceptors (Lipinski definition) is 5. The minimum Gasteiger partial charge on any atom is -0.466 e. The van der Waals surface area contributed by atoms with E-state index in [1.807, 2.05) is 0 Å². The van der Waals surface area contributed by atoms with E-state index in [4.69, 9.17) is 4.74 Å². The lowest BCUT2D eigenvalue weighted by atomic mass is 10.0. The molecule has 0 aliphatic carbocycles. The Balaban J connectivity index is 3.41. The number of hydrogen-bond donors (Lipinski definition) is 3. The molecule has 83 heavy (non-hydrogen) atoms. The number of carbonyl (C=O) groups excluding carboxylic acids is 2. The van der Waals surface area contributed by atoms with E-state index in [9.17, 15) is 19.8 Å². The lowest BCUT2D eigenvalue weighted by molar-refractivity contribution is -0.143. The largest absolute Gasteiger partial charge is 0.466 e. The first-order valence-corrected chi connectivity index (χ1v) is 38.1. The molecule has 0 bridgehead atoms. The van der Waals surface area contributed by atoms with Crippen molar-refractivity contribution in [1.29, 1.82) is 0 Å². The van der Waals surface area contributed by atoms with E-state index >= 15 is 0 Å². The quantitative estimate of drug-likeness (QED) is 0.0320. The maximum Gasteiger partial charge on any atom is 0.305 e. The summed E-state index contributed by atoms with van der Waals surface area (Å²) in [6, 6.07) is -0.545. The van der Waals surface area contributed by atoms with Crippen LogP contribution < -0.4 is 5.32 Å². The van der Waals surface area contributed by atoms with Crippen molar-refractivity contribution in [2.75, 3.05) is 13.2 Å². The van der Waals surface area contributed by atoms with Gasteiger partial charge in [0, 0.05) is 12.8 Å². The zero-order chi connectivity index (χ0) is 59.9. The molecule has 492 valence electrons. The Morgan fingerprint density at radius 2 is 0.602 bits per heavy atom. The minimum absolute atomic E-state index is 0.0140. The number of aliphatic hydroxyl groups is 2. The predicted octanol–water partition coefficient (Wildman–Crippen LogP) is 24.9. The summed E-state index contributed by atoms with van der Waals surface area (Å²) in [6.07, 6.45) is 92.5. The van der Waals surface area contributed by atoms with Crippen molar-refractivity contribution >= 4 is 11.9 Å². The van der Waals surface area contributed by atoms with Crippen LogP contribution in [0, 0.1) is 0 Å². The first-order valence-electron chi connectivity index (χ1n) is 38.1. The summed E-state index contributed by atoms with van der Waals surface area (Å²) in [5, 5.41) is 23.5. The monoisotopic (exact) mass is 1170 g/mol. The third-order valence-corrected chi connectivity index (χ3v) is 18.0. The Bertz CT molecular complexity index is 1300. The van der Waals surface area contributed by atoms with Crippen LogP contribution in [0.1, 0.15) is 431 Å². The summed E-state index contributed by atoms with van der Waals surface area (Å²) in [7, 11) is 0. The summed E-state index contributed by atoms with van der Waals surface area (Å²) in [6.45, 7) is 5.00. The number of amides is 1. The molecule has 6 heteroatoms. The van der Waals surface area contributed by atoms with Gasteiger partial charge in [-0.3, -0.25) is 9.59 Å². The Kier molecular flexibility index (Phi) is 71.4. The second-order valence-corrected chi connectivity index (χ2v) is 26.3. The second-order valence-electron chi connectivity index (χ2n) is 26.3. The van der Waals surface area contributed by atoms with Crippen LogP contribution in [-0.2, 0) is 14.3 Å². The fourth-order valence-electron chi connectivity index (χ4n) is 12.2. The van der Waals surface area contributed by atoms with Crippen LogP contribution in [-0.4, -0.2) is 47.4 Å². The van der Waals surface area contributed by atoms with Gasteiger partial charge in [-0.1, -0.05) is 385 Å². The molecule has 0 fully saturated rings. The van der Waals surface area contributed by atoms with Gasteiger partial charge in [-0.2, -0.15) is 0 Å². The third-order valence-electron chi connectivity index (χ3n) is 18.0. The maximum absolute atomic E-state index is 12.6. The molecule has 0 aliphatic rings. The van der Waals surface area contributed by atoms with Crippen molar-refractivity contribution in [2.45, 2.75) is 443 Å². The van der Waals surface area contributed by atoms with E-state index in [1.54, 1.807) is 0 Å². The number of carbonyl (C=O) groups is 2. The number of esters is 1. The molecule has 6 nitrogen and oxygen atoms in total. The highest BCUT2D eigenvalue weighted by Gasteiger charge is 2.20. The SMILES string of the molecule is CCCCCCCCCCCCCCCCCCCCCCCCCCCC(O)C(CO)NC(=O)CCCCCCCCCCCCC/C=C\C/C=C\CCCCCCCCCCCOC(=O)CCCCCCCCCCCCCCCC. The summed E-state index contributed by atoms with van der Waals surface area (Å²) in [5.41, 5.74) is 0. The van der Waals surface area contributed by atoms with Gasteiger partial charge in [-0.25, -0.2) is 0 Å². The van der Waals surface area contributed by atoms with Crippen molar-refractivity contribution in [1.82, 2.24) is 5.32 Å².